The first kappa shape index (κ1) is 15.5. The molecule has 1 N–H and O–H groups in total. The van der Waals surface area contributed by atoms with Crippen LogP contribution in [0.1, 0.15) is 20.8 Å². The van der Waals surface area contributed by atoms with E-state index in [1.54, 1.807) is 0 Å². The third-order valence-electron chi connectivity index (χ3n) is 2.38. The minimum absolute atomic E-state index is 0.0794. The summed E-state index contributed by atoms with van der Waals surface area (Å²) in [7, 11) is 0. The van der Waals surface area contributed by atoms with Crippen LogP contribution in [0.15, 0.2) is 12.7 Å². The molecule has 1 unspecified atom stereocenters. The molecule has 0 radical (unpaired) electrons. The quantitative estimate of drug-likeness (QED) is 0.495. The standard InChI is InChI=1S/C12H24N2OS/c1-5-9-16-10-8-13-11(4)12(15)14(6-2)7-3/h5,11,13H,1,6-10H2,2-4H3. The van der Waals surface area contributed by atoms with E-state index in [0.717, 1.165) is 31.1 Å². The smallest absolute Gasteiger partial charge is 0.239 e. The van der Waals surface area contributed by atoms with Gasteiger partial charge in [0.25, 0.3) is 0 Å². The van der Waals surface area contributed by atoms with Crippen LogP contribution in [0.4, 0.5) is 0 Å². The van der Waals surface area contributed by atoms with Gasteiger partial charge in [0.05, 0.1) is 6.04 Å². The summed E-state index contributed by atoms with van der Waals surface area (Å²) >= 11 is 1.82. The van der Waals surface area contributed by atoms with Crippen LogP contribution < -0.4 is 5.32 Å². The fourth-order valence-electron chi connectivity index (χ4n) is 1.41. The van der Waals surface area contributed by atoms with Crippen LogP contribution in [0.3, 0.4) is 0 Å². The predicted octanol–water partition coefficient (Wildman–Crippen LogP) is 1.75. The number of amides is 1. The van der Waals surface area contributed by atoms with Gasteiger partial charge in [0.1, 0.15) is 0 Å². The summed E-state index contributed by atoms with van der Waals surface area (Å²) in [5.41, 5.74) is 0. The van der Waals surface area contributed by atoms with Crippen LogP contribution in [0.5, 0.6) is 0 Å². The molecule has 4 heteroatoms. The lowest BCUT2D eigenvalue weighted by atomic mass is 10.3. The highest BCUT2D eigenvalue weighted by atomic mass is 32.2. The van der Waals surface area contributed by atoms with Gasteiger partial charge >= 0.3 is 0 Å². The molecule has 0 saturated heterocycles. The molecule has 3 nitrogen and oxygen atoms in total. The average Bonchev–Trinajstić information content (AvgIpc) is 2.30. The van der Waals surface area contributed by atoms with Crippen molar-refractivity contribution in [3.8, 4) is 0 Å². The number of nitrogens with zero attached hydrogens (tertiary/aromatic N) is 1. The molecule has 1 atom stereocenters. The number of thioether (sulfide) groups is 1. The van der Waals surface area contributed by atoms with E-state index >= 15 is 0 Å². The van der Waals surface area contributed by atoms with Gasteiger partial charge in [-0.2, -0.15) is 11.8 Å². The summed E-state index contributed by atoms with van der Waals surface area (Å²) in [5.74, 6) is 2.18. The van der Waals surface area contributed by atoms with Crippen LogP contribution in [-0.4, -0.2) is 48.0 Å². The monoisotopic (exact) mass is 244 g/mol. The summed E-state index contributed by atoms with van der Waals surface area (Å²) in [6.45, 7) is 12.0. The molecule has 0 heterocycles. The Balaban J connectivity index is 3.74. The maximum Gasteiger partial charge on any atom is 0.239 e. The maximum absolute atomic E-state index is 11.9. The topological polar surface area (TPSA) is 32.3 Å². The zero-order valence-electron chi connectivity index (χ0n) is 10.7. The molecule has 0 aromatic carbocycles. The van der Waals surface area contributed by atoms with Gasteiger partial charge in [-0.3, -0.25) is 4.79 Å². The number of carbonyl (C=O) groups excluding carboxylic acids is 1. The number of rotatable bonds is 9. The molecule has 1 amide bonds. The minimum Gasteiger partial charge on any atom is -0.342 e. The molecule has 0 aliphatic heterocycles. The highest BCUT2D eigenvalue weighted by Crippen LogP contribution is 1.99. The van der Waals surface area contributed by atoms with Crippen molar-refractivity contribution >= 4 is 17.7 Å². The highest BCUT2D eigenvalue weighted by Gasteiger charge is 2.16. The Hall–Kier alpha value is -0.480. The first-order valence-corrected chi connectivity index (χ1v) is 7.03. The first-order valence-electron chi connectivity index (χ1n) is 5.88. The molecule has 0 fully saturated rings. The van der Waals surface area contributed by atoms with Crippen molar-refractivity contribution in [2.45, 2.75) is 26.8 Å². The van der Waals surface area contributed by atoms with E-state index in [2.05, 4.69) is 11.9 Å². The third kappa shape index (κ3) is 6.18. The van der Waals surface area contributed by atoms with Crippen LogP contribution in [0, 0.1) is 0 Å². The fraction of sp³-hybridized carbons (Fsp3) is 0.750. The number of carbonyl (C=O) groups is 1. The third-order valence-corrected chi connectivity index (χ3v) is 3.34. The van der Waals surface area contributed by atoms with E-state index in [1.165, 1.54) is 0 Å². The van der Waals surface area contributed by atoms with Crippen LogP contribution in [-0.2, 0) is 4.79 Å². The lowest BCUT2D eigenvalue weighted by Gasteiger charge is -2.23. The Morgan fingerprint density at radius 2 is 2.12 bits per heavy atom. The van der Waals surface area contributed by atoms with Crippen molar-refractivity contribution < 1.29 is 4.79 Å². The summed E-state index contributed by atoms with van der Waals surface area (Å²) in [5, 5.41) is 3.24. The summed E-state index contributed by atoms with van der Waals surface area (Å²) < 4.78 is 0. The largest absolute Gasteiger partial charge is 0.342 e. The van der Waals surface area contributed by atoms with E-state index in [1.807, 2.05) is 43.5 Å². The fourth-order valence-corrected chi connectivity index (χ4v) is 2.01. The molecular formula is C12H24N2OS. The molecule has 16 heavy (non-hydrogen) atoms. The molecule has 0 saturated carbocycles. The molecule has 0 bridgehead atoms. The Bertz CT molecular complexity index is 205. The molecule has 0 aromatic heterocycles. The van der Waals surface area contributed by atoms with Gasteiger partial charge in [-0.05, 0) is 20.8 Å². The van der Waals surface area contributed by atoms with E-state index in [4.69, 9.17) is 0 Å². The van der Waals surface area contributed by atoms with E-state index < -0.39 is 0 Å². The van der Waals surface area contributed by atoms with Crippen molar-refractivity contribution in [3.63, 3.8) is 0 Å². The molecule has 94 valence electrons. The summed E-state index contributed by atoms with van der Waals surface area (Å²) in [4.78, 5) is 13.7. The van der Waals surface area contributed by atoms with Crippen LogP contribution in [0.25, 0.3) is 0 Å². The molecule has 0 aliphatic carbocycles. The normalized spacial score (nSPS) is 12.2. The molecule has 0 aliphatic rings. The minimum atomic E-state index is -0.0794. The van der Waals surface area contributed by atoms with Gasteiger partial charge in [-0.25, -0.2) is 0 Å². The van der Waals surface area contributed by atoms with Gasteiger partial charge in [-0.15, -0.1) is 6.58 Å². The van der Waals surface area contributed by atoms with Crippen LogP contribution >= 0.6 is 11.8 Å². The van der Waals surface area contributed by atoms with Gasteiger partial charge < -0.3 is 10.2 Å². The van der Waals surface area contributed by atoms with E-state index in [0.29, 0.717) is 0 Å². The van der Waals surface area contributed by atoms with Crippen molar-refractivity contribution in [1.82, 2.24) is 10.2 Å². The van der Waals surface area contributed by atoms with Crippen molar-refractivity contribution in [3.05, 3.63) is 12.7 Å². The second-order valence-corrected chi connectivity index (χ2v) is 4.70. The highest BCUT2D eigenvalue weighted by molar-refractivity contribution is 7.99. The van der Waals surface area contributed by atoms with Gasteiger partial charge in [-0.1, -0.05) is 6.08 Å². The number of nitrogens with one attached hydrogen (secondary N) is 1. The Labute approximate surface area is 104 Å². The van der Waals surface area contributed by atoms with Crippen LogP contribution in [0.2, 0.25) is 0 Å². The SMILES string of the molecule is C=CCSCCNC(C)C(=O)N(CC)CC. The number of hydrogen-bond donors (Lipinski definition) is 1. The van der Waals surface area contributed by atoms with E-state index in [-0.39, 0.29) is 11.9 Å². The zero-order chi connectivity index (χ0) is 12.4. The molecule has 0 rings (SSSR count). The Morgan fingerprint density at radius 3 is 2.62 bits per heavy atom. The van der Waals surface area contributed by atoms with Gasteiger partial charge in [0, 0.05) is 31.1 Å². The summed E-state index contributed by atoms with van der Waals surface area (Å²) in [6, 6.07) is -0.0794. The molecular weight excluding hydrogens is 220 g/mol. The maximum atomic E-state index is 11.9. The van der Waals surface area contributed by atoms with Gasteiger partial charge in [0.15, 0.2) is 0 Å². The average molecular weight is 244 g/mol. The van der Waals surface area contributed by atoms with Crippen molar-refractivity contribution in [1.29, 1.82) is 0 Å². The molecule has 0 spiro atoms. The number of hydrogen-bond acceptors (Lipinski definition) is 3. The first-order chi connectivity index (χ1) is 7.67. The predicted molar refractivity (Wildman–Crippen MR) is 72.9 cm³/mol. The lowest BCUT2D eigenvalue weighted by Crippen LogP contribution is -2.45. The second kappa shape index (κ2) is 9.73. The number of likely N-dealkylation sites (N-methyl/N-ethyl adjacent to an activating group) is 1. The zero-order valence-corrected chi connectivity index (χ0v) is 11.5. The Morgan fingerprint density at radius 1 is 1.50 bits per heavy atom. The Kier molecular flexibility index (Phi) is 9.43. The second-order valence-electron chi connectivity index (χ2n) is 3.55. The molecule has 0 aromatic rings. The van der Waals surface area contributed by atoms with Crippen molar-refractivity contribution in [2.24, 2.45) is 0 Å². The van der Waals surface area contributed by atoms with Gasteiger partial charge in [0.2, 0.25) is 5.91 Å². The van der Waals surface area contributed by atoms with E-state index in [9.17, 15) is 4.79 Å². The summed E-state index contributed by atoms with van der Waals surface area (Å²) in [6.07, 6.45) is 1.90. The van der Waals surface area contributed by atoms with Crippen molar-refractivity contribution in [2.75, 3.05) is 31.1 Å². The lowest BCUT2D eigenvalue weighted by molar-refractivity contribution is -0.132.